The van der Waals surface area contributed by atoms with Gasteiger partial charge in [0.05, 0.1) is 24.8 Å². The van der Waals surface area contributed by atoms with E-state index in [9.17, 15) is 14.3 Å². The van der Waals surface area contributed by atoms with Crippen molar-refractivity contribution in [3.05, 3.63) is 35.5 Å². The Balaban J connectivity index is 1.92. The number of rotatable bonds is 2. The topological polar surface area (TPSA) is 53.4 Å². The average molecular weight is 278 g/mol. The zero-order valence-electron chi connectivity index (χ0n) is 9.91. The van der Waals surface area contributed by atoms with Crippen LogP contribution in [0.25, 0.3) is 11.3 Å². The number of halogens is 1. The van der Waals surface area contributed by atoms with Crippen LogP contribution in [0.2, 0.25) is 0 Å². The number of benzene rings is 1. The van der Waals surface area contributed by atoms with E-state index in [0.29, 0.717) is 16.4 Å². The van der Waals surface area contributed by atoms with Gasteiger partial charge in [0.25, 0.3) is 0 Å². The van der Waals surface area contributed by atoms with Gasteiger partial charge in [0, 0.05) is 10.9 Å². The van der Waals surface area contributed by atoms with Crippen LogP contribution in [0.15, 0.2) is 29.6 Å². The molecule has 19 heavy (non-hydrogen) atoms. The summed E-state index contributed by atoms with van der Waals surface area (Å²) in [6, 6.07) is 6.38. The van der Waals surface area contributed by atoms with Crippen molar-refractivity contribution in [3.63, 3.8) is 0 Å². The minimum absolute atomic E-state index is 0.120. The molecule has 1 unspecified atom stereocenters. The normalized spacial score (nSPS) is 19.2. The Bertz CT molecular complexity index is 629. The molecule has 1 aromatic heterocycles. The minimum Gasteiger partial charge on any atom is -0.391 e. The van der Waals surface area contributed by atoms with Gasteiger partial charge in [-0.25, -0.2) is 9.37 Å². The summed E-state index contributed by atoms with van der Waals surface area (Å²) in [5, 5.41) is 11.7. The van der Waals surface area contributed by atoms with Crippen molar-refractivity contribution in [2.24, 2.45) is 0 Å². The van der Waals surface area contributed by atoms with E-state index in [4.69, 9.17) is 0 Å². The zero-order valence-corrected chi connectivity index (χ0v) is 10.7. The summed E-state index contributed by atoms with van der Waals surface area (Å²) in [5.41, 5.74) is 0.921. The summed E-state index contributed by atoms with van der Waals surface area (Å²) in [6.07, 6.45) is -0.525. The van der Waals surface area contributed by atoms with E-state index in [1.165, 1.54) is 22.3 Å². The predicted octanol–water partition coefficient (Wildman–Crippen LogP) is 2.05. The molecule has 2 heterocycles. The lowest BCUT2D eigenvalue weighted by Crippen LogP contribution is -2.24. The molecule has 2 aromatic rings. The van der Waals surface area contributed by atoms with E-state index in [1.807, 2.05) is 0 Å². The van der Waals surface area contributed by atoms with Crippen molar-refractivity contribution >= 4 is 22.4 Å². The highest BCUT2D eigenvalue weighted by atomic mass is 32.1. The van der Waals surface area contributed by atoms with Gasteiger partial charge < -0.3 is 5.11 Å². The van der Waals surface area contributed by atoms with Gasteiger partial charge in [-0.15, -0.1) is 11.3 Å². The number of hydrogen-bond donors (Lipinski definition) is 1. The Morgan fingerprint density at radius 1 is 1.42 bits per heavy atom. The molecule has 0 radical (unpaired) electrons. The van der Waals surface area contributed by atoms with E-state index in [1.54, 1.807) is 23.6 Å². The number of hydrogen-bond acceptors (Lipinski definition) is 4. The number of thiazole rings is 1. The first-order chi connectivity index (χ1) is 9.15. The molecule has 0 bridgehead atoms. The molecule has 6 heteroatoms. The van der Waals surface area contributed by atoms with Gasteiger partial charge in [0.15, 0.2) is 5.13 Å². The highest BCUT2D eigenvalue weighted by Gasteiger charge is 2.31. The maximum absolute atomic E-state index is 13.6. The van der Waals surface area contributed by atoms with E-state index < -0.39 is 6.10 Å². The molecule has 1 atom stereocenters. The number of carbonyl (C=O) groups excluding carboxylic acids is 1. The van der Waals surface area contributed by atoms with Gasteiger partial charge in [0.2, 0.25) is 5.91 Å². The first kappa shape index (κ1) is 12.3. The smallest absolute Gasteiger partial charge is 0.231 e. The quantitative estimate of drug-likeness (QED) is 0.914. The van der Waals surface area contributed by atoms with E-state index in [-0.39, 0.29) is 24.7 Å². The third-order valence-electron chi connectivity index (χ3n) is 2.98. The van der Waals surface area contributed by atoms with Crippen molar-refractivity contribution in [1.29, 1.82) is 0 Å². The van der Waals surface area contributed by atoms with E-state index in [2.05, 4.69) is 4.98 Å². The standard InChI is InChI=1S/C13H11FN2O2S/c14-10-4-2-1-3-9(10)11-7-19-13(15-11)16-6-8(17)5-12(16)18/h1-4,7-8,17H,5-6H2. The second-order valence-corrected chi connectivity index (χ2v) is 5.19. The summed E-state index contributed by atoms with van der Waals surface area (Å²) in [4.78, 5) is 17.4. The summed E-state index contributed by atoms with van der Waals surface area (Å²) in [6.45, 7) is 0.253. The van der Waals surface area contributed by atoms with Gasteiger partial charge in [-0.05, 0) is 12.1 Å². The molecule has 4 nitrogen and oxygen atoms in total. The van der Waals surface area contributed by atoms with Gasteiger partial charge in [-0.2, -0.15) is 0 Å². The number of aliphatic hydroxyl groups excluding tert-OH is 1. The SMILES string of the molecule is O=C1CC(O)CN1c1nc(-c2ccccc2F)cs1. The number of aliphatic hydroxyl groups is 1. The van der Waals surface area contributed by atoms with Crippen LogP contribution in [-0.4, -0.2) is 28.6 Å². The van der Waals surface area contributed by atoms with Crippen LogP contribution in [0.5, 0.6) is 0 Å². The molecule has 0 saturated carbocycles. The monoisotopic (exact) mass is 278 g/mol. The largest absolute Gasteiger partial charge is 0.391 e. The molecule has 0 aliphatic carbocycles. The Morgan fingerprint density at radius 3 is 2.89 bits per heavy atom. The first-order valence-corrected chi connectivity index (χ1v) is 6.72. The molecule has 1 fully saturated rings. The van der Waals surface area contributed by atoms with Crippen molar-refractivity contribution in [2.45, 2.75) is 12.5 Å². The molecule has 1 N–H and O–H groups in total. The van der Waals surface area contributed by atoms with Crippen LogP contribution in [0, 0.1) is 5.82 Å². The van der Waals surface area contributed by atoms with Crippen LogP contribution in [0.3, 0.4) is 0 Å². The number of β-amino-alcohol motifs (C(OH)–C–C–N with tert-alkyl or cyclic N) is 1. The predicted molar refractivity (Wildman–Crippen MR) is 70.5 cm³/mol. The third kappa shape index (κ3) is 2.24. The highest BCUT2D eigenvalue weighted by Crippen LogP contribution is 2.31. The Kier molecular flexibility index (Phi) is 3.04. The van der Waals surface area contributed by atoms with Crippen molar-refractivity contribution in [2.75, 3.05) is 11.4 Å². The van der Waals surface area contributed by atoms with Gasteiger partial charge >= 0.3 is 0 Å². The molecule has 1 aliphatic heterocycles. The van der Waals surface area contributed by atoms with Crippen molar-refractivity contribution in [1.82, 2.24) is 4.98 Å². The Hall–Kier alpha value is -1.79. The fraction of sp³-hybridized carbons (Fsp3) is 0.231. The third-order valence-corrected chi connectivity index (χ3v) is 3.84. The second-order valence-electron chi connectivity index (χ2n) is 4.36. The molecule has 1 aromatic carbocycles. The summed E-state index contributed by atoms with van der Waals surface area (Å²) >= 11 is 1.27. The maximum Gasteiger partial charge on any atom is 0.231 e. The van der Waals surface area contributed by atoms with E-state index >= 15 is 0 Å². The van der Waals surface area contributed by atoms with Crippen LogP contribution in [0.4, 0.5) is 9.52 Å². The zero-order chi connectivity index (χ0) is 13.4. The Labute approximate surface area is 113 Å². The highest BCUT2D eigenvalue weighted by molar-refractivity contribution is 7.14. The minimum atomic E-state index is -0.645. The van der Waals surface area contributed by atoms with Crippen molar-refractivity contribution in [3.8, 4) is 11.3 Å². The molecular weight excluding hydrogens is 267 g/mol. The second kappa shape index (κ2) is 4.71. The number of carbonyl (C=O) groups is 1. The van der Waals surface area contributed by atoms with Gasteiger partial charge in [-0.3, -0.25) is 9.69 Å². The molecule has 1 saturated heterocycles. The lowest BCUT2D eigenvalue weighted by molar-refractivity contribution is -0.117. The maximum atomic E-state index is 13.6. The molecular formula is C13H11FN2O2S. The molecule has 1 amide bonds. The van der Waals surface area contributed by atoms with Crippen LogP contribution < -0.4 is 4.90 Å². The van der Waals surface area contributed by atoms with Crippen LogP contribution in [-0.2, 0) is 4.79 Å². The number of amides is 1. The fourth-order valence-electron chi connectivity index (χ4n) is 2.05. The van der Waals surface area contributed by atoms with Crippen LogP contribution >= 0.6 is 11.3 Å². The first-order valence-electron chi connectivity index (χ1n) is 5.84. The summed E-state index contributed by atoms with van der Waals surface area (Å²) < 4.78 is 13.6. The number of aromatic nitrogens is 1. The molecule has 3 rings (SSSR count). The summed E-state index contributed by atoms with van der Waals surface area (Å²) in [5.74, 6) is -0.492. The molecule has 1 aliphatic rings. The fourth-order valence-corrected chi connectivity index (χ4v) is 2.91. The lowest BCUT2D eigenvalue weighted by atomic mass is 10.2. The van der Waals surface area contributed by atoms with Gasteiger partial charge in [-0.1, -0.05) is 12.1 Å². The molecule has 0 spiro atoms. The van der Waals surface area contributed by atoms with Crippen molar-refractivity contribution < 1.29 is 14.3 Å². The average Bonchev–Trinajstić information content (AvgIpc) is 2.96. The molecule has 98 valence electrons. The van der Waals surface area contributed by atoms with Crippen LogP contribution in [0.1, 0.15) is 6.42 Å². The Morgan fingerprint density at radius 2 is 2.21 bits per heavy atom. The van der Waals surface area contributed by atoms with Gasteiger partial charge in [0.1, 0.15) is 5.82 Å². The number of nitrogens with zero attached hydrogens (tertiary/aromatic N) is 2. The number of anilines is 1. The van der Waals surface area contributed by atoms with E-state index in [0.717, 1.165) is 0 Å². The lowest BCUT2D eigenvalue weighted by Gasteiger charge is -2.10. The summed E-state index contributed by atoms with van der Waals surface area (Å²) in [7, 11) is 0.